The summed E-state index contributed by atoms with van der Waals surface area (Å²) < 4.78 is 22.8. The van der Waals surface area contributed by atoms with Gasteiger partial charge in [-0.05, 0) is 81.8 Å². The lowest BCUT2D eigenvalue weighted by atomic mass is 10.1. The van der Waals surface area contributed by atoms with Gasteiger partial charge in [-0.1, -0.05) is 30.7 Å². The number of nitrogens with one attached hydrogen (secondary N) is 1. The summed E-state index contributed by atoms with van der Waals surface area (Å²) in [7, 11) is -0.596. The van der Waals surface area contributed by atoms with Crippen molar-refractivity contribution in [1.82, 2.24) is 5.32 Å². The van der Waals surface area contributed by atoms with Crippen LogP contribution in [0.25, 0.3) is 12.2 Å². The average molecular weight is 602 g/mol. The molecule has 10 nitrogen and oxygen atoms in total. The van der Waals surface area contributed by atoms with E-state index in [0.29, 0.717) is 45.4 Å². The summed E-state index contributed by atoms with van der Waals surface area (Å²) in [5.41, 5.74) is 3.21. The highest BCUT2D eigenvalue weighted by molar-refractivity contribution is 6.60. The van der Waals surface area contributed by atoms with Gasteiger partial charge < -0.3 is 28.2 Å². The number of benzene rings is 2. The summed E-state index contributed by atoms with van der Waals surface area (Å²) in [4.78, 5) is 24.6. The zero-order valence-electron chi connectivity index (χ0n) is 25.5. The molecule has 0 radical (unpaired) electrons. The van der Waals surface area contributed by atoms with Gasteiger partial charge in [0.1, 0.15) is 0 Å². The minimum atomic E-state index is -2.68. The molecule has 42 heavy (non-hydrogen) atoms. The number of hydrogen-bond donors (Lipinski definition) is 1. The maximum atomic E-state index is 12.0. The van der Waals surface area contributed by atoms with Crippen LogP contribution in [0, 0.1) is 10.1 Å². The van der Waals surface area contributed by atoms with Crippen molar-refractivity contribution < 1.29 is 27.7 Å². The van der Waals surface area contributed by atoms with E-state index in [-0.39, 0.29) is 5.69 Å². The molecule has 0 heterocycles. The van der Waals surface area contributed by atoms with Gasteiger partial charge in [-0.25, -0.2) is 4.79 Å². The summed E-state index contributed by atoms with van der Waals surface area (Å²) in [6.45, 7) is 9.25. The van der Waals surface area contributed by atoms with E-state index in [1.54, 1.807) is 12.1 Å². The van der Waals surface area contributed by atoms with Crippen LogP contribution in [-0.2, 0) is 18.0 Å². The molecule has 0 bridgehead atoms. The van der Waals surface area contributed by atoms with Gasteiger partial charge in [0.15, 0.2) is 0 Å². The molecule has 0 saturated carbocycles. The van der Waals surface area contributed by atoms with Crippen LogP contribution in [0.5, 0.6) is 0 Å². The normalized spacial score (nSPS) is 11.5. The lowest BCUT2D eigenvalue weighted by molar-refractivity contribution is -0.384. The molecule has 1 amide bonds. The lowest BCUT2D eigenvalue weighted by Crippen LogP contribution is -2.46. The third kappa shape index (κ3) is 13.2. The molecule has 0 saturated heterocycles. The first-order valence-electron chi connectivity index (χ1n) is 14.9. The molecule has 2 aromatic rings. The predicted octanol–water partition coefficient (Wildman–Crippen LogP) is 6.93. The number of rotatable bonds is 21. The van der Waals surface area contributed by atoms with Crippen molar-refractivity contribution >= 4 is 38.4 Å². The van der Waals surface area contributed by atoms with Crippen LogP contribution in [0.4, 0.5) is 16.2 Å². The quantitative estimate of drug-likeness (QED) is 0.0539. The van der Waals surface area contributed by atoms with Gasteiger partial charge in [0.25, 0.3) is 5.69 Å². The monoisotopic (exact) mass is 601 g/mol. The molecule has 0 spiro atoms. The number of non-ortho nitro benzene ring substituents is 1. The Balaban J connectivity index is 1.57. The first-order chi connectivity index (χ1) is 20.3. The van der Waals surface area contributed by atoms with Gasteiger partial charge in [0.2, 0.25) is 0 Å². The number of hydrogen-bond acceptors (Lipinski definition) is 8. The highest BCUT2D eigenvalue weighted by atomic mass is 28.4. The number of nitro groups is 1. The molecule has 2 aromatic carbocycles. The molecular weight excluding hydrogens is 554 g/mol. The summed E-state index contributed by atoms with van der Waals surface area (Å²) in [5, 5.41) is 13.6. The fourth-order valence-electron chi connectivity index (χ4n) is 4.39. The zero-order valence-corrected chi connectivity index (χ0v) is 26.5. The molecule has 1 N–H and O–H groups in total. The van der Waals surface area contributed by atoms with Crippen LogP contribution < -0.4 is 10.2 Å². The van der Waals surface area contributed by atoms with E-state index in [0.717, 1.165) is 49.0 Å². The van der Waals surface area contributed by atoms with Gasteiger partial charge >= 0.3 is 14.9 Å². The van der Waals surface area contributed by atoms with E-state index in [1.807, 2.05) is 32.9 Å². The molecule has 2 rings (SSSR count). The number of ether oxygens (including phenoxy) is 1. The standard InChI is InChI=1S/C31H47N3O7Si/c1-5-39-42(40-6-2,41-7-3)26-12-23-32-31(35)38-25-11-9-8-10-24-33(4)29-19-15-27(16-20-29)13-14-28-17-21-30(22-18-28)34(36)37/h13-22H,5-12,23-26H2,1-4H3,(H,32,35). The van der Waals surface area contributed by atoms with Gasteiger partial charge in [-0.15, -0.1) is 0 Å². The second kappa shape index (κ2) is 19.8. The molecule has 11 heteroatoms. The van der Waals surface area contributed by atoms with Crippen molar-refractivity contribution in [3.05, 3.63) is 69.8 Å². The Morgan fingerprint density at radius 2 is 1.40 bits per heavy atom. The Morgan fingerprint density at radius 3 is 1.95 bits per heavy atom. The highest BCUT2D eigenvalue weighted by Gasteiger charge is 2.39. The summed E-state index contributed by atoms with van der Waals surface area (Å²) in [5.74, 6) is 0. The molecule has 0 atom stereocenters. The second-order valence-corrected chi connectivity index (χ2v) is 12.5. The van der Waals surface area contributed by atoms with Crippen molar-refractivity contribution in [2.45, 2.75) is 58.9 Å². The molecule has 0 unspecified atom stereocenters. The van der Waals surface area contributed by atoms with E-state index < -0.39 is 19.8 Å². The Morgan fingerprint density at radius 1 is 0.857 bits per heavy atom. The van der Waals surface area contributed by atoms with E-state index in [9.17, 15) is 14.9 Å². The van der Waals surface area contributed by atoms with Crippen LogP contribution in [0.2, 0.25) is 6.04 Å². The van der Waals surface area contributed by atoms with Gasteiger partial charge in [0.05, 0.1) is 11.5 Å². The third-order valence-corrected chi connectivity index (χ3v) is 9.70. The molecule has 232 valence electrons. The number of amides is 1. The van der Waals surface area contributed by atoms with Crippen molar-refractivity contribution in [2.24, 2.45) is 0 Å². The van der Waals surface area contributed by atoms with Crippen LogP contribution in [0.3, 0.4) is 0 Å². The minimum absolute atomic E-state index is 0.0883. The van der Waals surface area contributed by atoms with Gasteiger partial charge in [0, 0.05) is 63.8 Å². The Labute approximate surface area is 251 Å². The second-order valence-electron chi connectivity index (χ2n) is 9.76. The first kappa shape index (κ1) is 34.9. The van der Waals surface area contributed by atoms with E-state index >= 15 is 0 Å². The Kier molecular flexibility index (Phi) is 16.5. The first-order valence-corrected chi connectivity index (χ1v) is 16.8. The SMILES string of the molecule is CCO[Si](CCCNC(=O)OCCCCCCN(C)c1ccc(C=Cc2ccc([N+](=O)[O-])cc2)cc1)(OCC)OCC. The lowest BCUT2D eigenvalue weighted by Gasteiger charge is -2.28. The summed E-state index contributed by atoms with van der Waals surface area (Å²) in [6.07, 6.45) is 8.19. The van der Waals surface area contributed by atoms with Gasteiger partial charge in [-0.2, -0.15) is 0 Å². The minimum Gasteiger partial charge on any atom is -0.450 e. The van der Waals surface area contributed by atoms with E-state index in [1.165, 1.54) is 12.1 Å². The van der Waals surface area contributed by atoms with Crippen LogP contribution in [0.1, 0.15) is 64.0 Å². The topological polar surface area (TPSA) is 112 Å². The number of nitrogens with zero attached hydrogens (tertiary/aromatic N) is 2. The number of nitro benzene ring substituents is 1. The zero-order chi connectivity index (χ0) is 30.6. The predicted molar refractivity (Wildman–Crippen MR) is 170 cm³/mol. The Bertz CT molecular complexity index is 1060. The van der Waals surface area contributed by atoms with Crippen LogP contribution in [-0.4, -0.2) is 66.4 Å². The van der Waals surface area contributed by atoms with Crippen molar-refractivity contribution in [2.75, 3.05) is 51.5 Å². The molecular formula is C31H47N3O7Si. The summed E-state index contributed by atoms with van der Waals surface area (Å²) in [6, 6.07) is 15.5. The van der Waals surface area contributed by atoms with Crippen molar-refractivity contribution in [3.63, 3.8) is 0 Å². The van der Waals surface area contributed by atoms with Crippen LogP contribution in [0.15, 0.2) is 48.5 Å². The van der Waals surface area contributed by atoms with Gasteiger partial charge in [-0.3, -0.25) is 10.1 Å². The number of anilines is 1. The van der Waals surface area contributed by atoms with Crippen molar-refractivity contribution in [1.29, 1.82) is 0 Å². The average Bonchev–Trinajstić information content (AvgIpc) is 2.98. The number of unbranched alkanes of at least 4 members (excludes halogenated alkanes) is 3. The third-order valence-electron chi connectivity index (χ3n) is 6.55. The fraction of sp³-hybridized carbons (Fsp3) is 0.516. The maximum absolute atomic E-state index is 12.0. The largest absolute Gasteiger partial charge is 0.500 e. The highest BCUT2D eigenvalue weighted by Crippen LogP contribution is 2.19. The smallest absolute Gasteiger partial charge is 0.450 e. The number of alkyl carbamates (subject to hydrolysis) is 1. The van der Waals surface area contributed by atoms with Crippen molar-refractivity contribution in [3.8, 4) is 0 Å². The summed E-state index contributed by atoms with van der Waals surface area (Å²) >= 11 is 0. The number of carbonyl (C=O) groups is 1. The molecule has 0 aliphatic carbocycles. The molecule has 0 aliphatic heterocycles. The molecule has 0 aliphatic rings. The maximum Gasteiger partial charge on any atom is 0.500 e. The van der Waals surface area contributed by atoms with Crippen LogP contribution >= 0.6 is 0 Å². The molecule has 0 aromatic heterocycles. The molecule has 0 fully saturated rings. The van der Waals surface area contributed by atoms with E-state index in [4.69, 9.17) is 18.0 Å². The fourth-order valence-corrected chi connectivity index (χ4v) is 7.00. The Hall–Kier alpha value is -3.25. The number of carbonyl (C=O) groups excluding carboxylic acids is 1. The van der Waals surface area contributed by atoms with E-state index in [2.05, 4.69) is 41.5 Å².